The molecular weight excluding hydrogens is 408 g/mol. The molecule has 0 N–H and O–H groups in total. The molecule has 1 atom stereocenters. The summed E-state index contributed by atoms with van der Waals surface area (Å²) in [6, 6.07) is 16.5. The van der Waals surface area contributed by atoms with Gasteiger partial charge in [-0.15, -0.1) is 12.4 Å². The molecule has 31 heavy (non-hydrogen) atoms. The summed E-state index contributed by atoms with van der Waals surface area (Å²) < 4.78 is 5.06. The lowest BCUT2D eigenvalue weighted by Crippen LogP contribution is -2.36. The number of methoxy groups -OCH3 is 1. The number of hydrogen-bond donors (Lipinski definition) is 0. The van der Waals surface area contributed by atoms with Crippen LogP contribution in [0.5, 0.6) is 0 Å². The van der Waals surface area contributed by atoms with E-state index in [9.17, 15) is 4.79 Å². The minimum atomic E-state index is 0. The Morgan fingerprint density at radius 3 is 2.55 bits per heavy atom. The number of carbonyl (C=O) groups is 1. The summed E-state index contributed by atoms with van der Waals surface area (Å²) in [6.07, 6.45) is 5.19. The summed E-state index contributed by atoms with van der Waals surface area (Å²) in [4.78, 5) is 17.0. The van der Waals surface area contributed by atoms with Crippen LogP contribution < -0.4 is 0 Å². The second-order valence-corrected chi connectivity index (χ2v) is 8.77. The van der Waals surface area contributed by atoms with Gasteiger partial charge in [0.25, 0.3) is 0 Å². The molecular formula is C26H35ClN2O2. The SMILES string of the molecule is COCCC(=O)N1CCc2ccc(-c3ccc(CCN4CCC[C@H]4C)cc3)cc2C1.Cl. The Hall–Kier alpha value is -1.88. The molecule has 1 saturated heterocycles. The quantitative estimate of drug-likeness (QED) is 0.621. The van der Waals surface area contributed by atoms with Crippen molar-refractivity contribution < 1.29 is 9.53 Å². The molecule has 0 bridgehead atoms. The van der Waals surface area contributed by atoms with Crippen molar-refractivity contribution in [3.05, 3.63) is 59.2 Å². The number of rotatable bonds is 7. The lowest BCUT2D eigenvalue weighted by Gasteiger charge is -2.29. The predicted octanol–water partition coefficient (Wildman–Crippen LogP) is 4.72. The van der Waals surface area contributed by atoms with Crippen molar-refractivity contribution >= 4 is 18.3 Å². The molecule has 1 fully saturated rings. The van der Waals surface area contributed by atoms with E-state index in [2.05, 4.69) is 54.3 Å². The molecule has 0 saturated carbocycles. The van der Waals surface area contributed by atoms with Gasteiger partial charge >= 0.3 is 0 Å². The molecule has 2 aliphatic heterocycles. The van der Waals surface area contributed by atoms with Gasteiger partial charge in [-0.1, -0.05) is 36.4 Å². The first-order valence-corrected chi connectivity index (χ1v) is 11.4. The fraction of sp³-hybridized carbons (Fsp3) is 0.500. The zero-order valence-corrected chi connectivity index (χ0v) is 19.6. The van der Waals surface area contributed by atoms with Crippen LogP contribution >= 0.6 is 12.4 Å². The van der Waals surface area contributed by atoms with Crippen molar-refractivity contribution in [2.24, 2.45) is 0 Å². The first-order valence-electron chi connectivity index (χ1n) is 11.4. The number of hydrogen-bond acceptors (Lipinski definition) is 3. The van der Waals surface area contributed by atoms with Gasteiger partial charge in [-0.3, -0.25) is 4.79 Å². The summed E-state index contributed by atoms with van der Waals surface area (Å²) in [5, 5.41) is 0. The first kappa shape index (κ1) is 23.8. The Labute approximate surface area is 193 Å². The van der Waals surface area contributed by atoms with Gasteiger partial charge in [0.15, 0.2) is 0 Å². The molecule has 2 aromatic carbocycles. The van der Waals surface area contributed by atoms with Gasteiger partial charge in [0, 0.05) is 32.8 Å². The second-order valence-electron chi connectivity index (χ2n) is 8.77. The Balaban J connectivity index is 0.00000272. The molecule has 0 radical (unpaired) electrons. The summed E-state index contributed by atoms with van der Waals surface area (Å²) in [5.41, 5.74) is 6.53. The van der Waals surface area contributed by atoms with Crippen molar-refractivity contribution in [3.8, 4) is 11.1 Å². The van der Waals surface area contributed by atoms with E-state index in [1.165, 1.54) is 47.2 Å². The average Bonchev–Trinajstić information content (AvgIpc) is 3.20. The minimum Gasteiger partial charge on any atom is -0.384 e. The van der Waals surface area contributed by atoms with Crippen LogP contribution in [0.2, 0.25) is 0 Å². The Bertz CT molecular complexity index is 868. The van der Waals surface area contributed by atoms with Gasteiger partial charge < -0.3 is 14.5 Å². The van der Waals surface area contributed by atoms with Crippen LogP contribution in [-0.4, -0.2) is 55.1 Å². The van der Waals surface area contributed by atoms with Crippen LogP contribution in [0.1, 0.15) is 42.9 Å². The number of ether oxygens (including phenoxy) is 1. The molecule has 2 heterocycles. The highest BCUT2D eigenvalue weighted by Crippen LogP contribution is 2.27. The first-order chi connectivity index (χ1) is 14.6. The van der Waals surface area contributed by atoms with E-state index >= 15 is 0 Å². The highest BCUT2D eigenvalue weighted by molar-refractivity contribution is 5.85. The van der Waals surface area contributed by atoms with Crippen molar-refractivity contribution in [2.45, 2.75) is 51.6 Å². The number of nitrogens with zero attached hydrogens (tertiary/aromatic N) is 2. The van der Waals surface area contributed by atoms with Gasteiger partial charge in [-0.25, -0.2) is 0 Å². The third-order valence-corrected chi connectivity index (χ3v) is 6.76. The average molecular weight is 443 g/mol. The maximum absolute atomic E-state index is 12.4. The number of amides is 1. The largest absolute Gasteiger partial charge is 0.384 e. The molecule has 4 rings (SSSR count). The normalized spacial score (nSPS) is 18.5. The van der Waals surface area contributed by atoms with E-state index in [1.54, 1.807) is 7.11 Å². The predicted molar refractivity (Wildman–Crippen MR) is 129 cm³/mol. The molecule has 0 aliphatic carbocycles. The van der Waals surface area contributed by atoms with E-state index in [0.717, 1.165) is 32.0 Å². The molecule has 0 aromatic heterocycles. The molecule has 4 nitrogen and oxygen atoms in total. The van der Waals surface area contributed by atoms with Crippen LogP contribution in [0, 0.1) is 0 Å². The Kier molecular flexibility index (Phi) is 8.53. The van der Waals surface area contributed by atoms with Crippen molar-refractivity contribution in [2.75, 3.05) is 33.4 Å². The summed E-state index contributed by atoms with van der Waals surface area (Å²) in [5.74, 6) is 0.185. The van der Waals surface area contributed by atoms with E-state index in [0.29, 0.717) is 19.6 Å². The lowest BCUT2D eigenvalue weighted by molar-refractivity contribution is -0.133. The van der Waals surface area contributed by atoms with Crippen LogP contribution in [0.4, 0.5) is 0 Å². The second kappa shape index (κ2) is 11.1. The van der Waals surface area contributed by atoms with Crippen molar-refractivity contribution in [3.63, 3.8) is 0 Å². The zero-order chi connectivity index (χ0) is 20.9. The van der Waals surface area contributed by atoms with Crippen LogP contribution in [-0.2, 0) is 28.9 Å². The van der Waals surface area contributed by atoms with Crippen LogP contribution in [0.15, 0.2) is 42.5 Å². The Morgan fingerprint density at radius 1 is 1.06 bits per heavy atom. The van der Waals surface area contributed by atoms with Gasteiger partial charge in [0.2, 0.25) is 5.91 Å². The van der Waals surface area contributed by atoms with E-state index < -0.39 is 0 Å². The van der Waals surface area contributed by atoms with Gasteiger partial charge in [-0.05, 0) is 73.0 Å². The minimum absolute atomic E-state index is 0. The maximum atomic E-state index is 12.4. The number of carbonyl (C=O) groups excluding carboxylic acids is 1. The summed E-state index contributed by atoms with van der Waals surface area (Å²) in [7, 11) is 1.64. The Morgan fingerprint density at radius 2 is 1.84 bits per heavy atom. The van der Waals surface area contributed by atoms with E-state index in [4.69, 9.17) is 4.74 Å². The molecule has 1 amide bonds. The fourth-order valence-electron chi connectivity index (χ4n) is 4.76. The summed E-state index contributed by atoms with van der Waals surface area (Å²) >= 11 is 0. The standard InChI is InChI=1S/C26H34N2O2.ClH/c1-20-4-3-14-27(20)15-11-21-5-7-22(8-6-21)24-10-9-23-12-16-28(19-25(23)18-24)26(29)13-17-30-2;/h5-10,18,20H,3-4,11-17,19H2,1-2H3;1H/t20-;/m1./s1. The zero-order valence-electron chi connectivity index (χ0n) is 18.8. The van der Waals surface area contributed by atoms with Gasteiger partial charge in [0.05, 0.1) is 13.0 Å². The highest BCUT2D eigenvalue weighted by atomic mass is 35.5. The van der Waals surface area contributed by atoms with E-state index in [-0.39, 0.29) is 18.3 Å². The number of benzene rings is 2. The number of fused-ring (bicyclic) bond motifs is 1. The molecule has 168 valence electrons. The van der Waals surface area contributed by atoms with Gasteiger partial charge in [-0.2, -0.15) is 0 Å². The topological polar surface area (TPSA) is 32.8 Å². The molecule has 2 aliphatic rings. The van der Waals surface area contributed by atoms with Crippen LogP contribution in [0.3, 0.4) is 0 Å². The van der Waals surface area contributed by atoms with Crippen molar-refractivity contribution in [1.29, 1.82) is 0 Å². The van der Waals surface area contributed by atoms with Gasteiger partial charge in [0.1, 0.15) is 0 Å². The monoisotopic (exact) mass is 442 g/mol. The number of halogens is 1. The molecule has 5 heteroatoms. The van der Waals surface area contributed by atoms with E-state index in [1.807, 2.05) is 4.90 Å². The third-order valence-electron chi connectivity index (χ3n) is 6.76. The molecule has 2 aromatic rings. The molecule has 0 spiro atoms. The number of likely N-dealkylation sites (tertiary alicyclic amines) is 1. The lowest BCUT2D eigenvalue weighted by atomic mass is 9.94. The van der Waals surface area contributed by atoms with Crippen molar-refractivity contribution in [1.82, 2.24) is 9.80 Å². The summed E-state index contributed by atoms with van der Waals surface area (Å²) in [6.45, 7) is 6.76. The maximum Gasteiger partial charge on any atom is 0.225 e. The van der Waals surface area contributed by atoms with Crippen LogP contribution in [0.25, 0.3) is 11.1 Å². The highest BCUT2D eigenvalue weighted by Gasteiger charge is 2.21. The fourth-order valence-corrected chi connectivity index (χ4v) is 4.76. The molecule has 0 unspecified atom stereocenters. The third kappa shape index (κ3) is 5.88. The smallest absolute Gasteiger partial charge is 0.225 e.